The first-order valence-corrected chi connectivity index (χ1v) is 7.91. The van der Waals surface area contributed by atoms with E-state index >= 15 is 0 Å². The molecule has 108 valence electrons. The smallest absolute Gasteiger partial charge is 0.201 e. The number of benzene rings is 1. The summed E-state index contributed by atoms with van der Waals surface area (Å²) in [6.45, 7) is 3.19. The van der Waals surface area contributed by atoms with E-state index in [0.717, 1.165) is 17.6 Å². The molecule has 1 aliphatic carbocycles. The Morgan fingerprint density at radius 1 is 1.25 bits per heavy atom. The summed E-state index contributed by atoms with van der Waals surface area (Å²) in [6, 6.07) is 3.67. The van der Waals surface area contributed by atoms with Crippen LogP contribution >= 0.6 is 23.2 Å². The van der Waals surface area contributed by atoms with Crippen LogP contribution in [0.15, 0.2) is 12.1 Å². The summed E-state index contributed by atoms with van der Waals surface area (Å²) in [6.07, 6.45) is 6.33. The van der Waals surface area contributed by atoms with Crippen molar-refractivity contribution >= 4 is 40.2 Å². The Balaban J connectivity index is 2.06. The molecule has 0 atom stereocenters. The summed E-state index contributed by atoms with van der Waals surface area (Å²) in [5.41, 5.74) is 8.27. The lowest BCUT2D eigenvalue weighted by molar-refractivity contribution is 0.242. The second kappa shape index (κ2) is 5.12. The highest BCUT2D eigenvalue weighted by Crippen LogP contribution is 2.43. The molecule has 0 radical (unpaired) electrons. The van der Waals surface area contributed by atoms with Gasteiger partial charge in [0, 0.05) is 6.54 Å². The predicted octanol–water partition coefficient (Wildman–Crippen LogP) is 4.90. The zero-order valence-electron chi connectivity index (χ0n) is 11.6. The van der Waals surface area contributed by atoms with Gasteiger partial charge in [-0.25, -0.2) is 4.98 Å². The van der Waals surface area contributed by atoms with Crippen LogP contribution in [0.25, 0.3) is 11.0 Å². The van der Waals surface area contributed by atoms with Crippen molar-refractivity contribution in [2.24, 2.45) is 5.41 Å². The third-order valence-electron chi connectivity index (χ3n) is 4.73. The fourth-order valence-corrected chi connectivity index (χ4v) is 3.70. The largest absolute Gasteiger partial charge is 0.369 e. The highest BCUT2D eigenvalue weighted by atomic mass is 35.5. The predicted molar refractivity (Wildman–Crippen MR) is 85.4 cm³/mol. The van der Waals surface area contributed by atoms with Crippen molar-refractivity contribution in [2.45, 2.75) is 45.6 Å². The van der Waals surface area contributed by atoms with Gasteiger partial charge in [-0.3, -0.25) is 0 Å². The highest BCUT2D eigenvalue weighted by molar-refractivity contribution is 6.42. The average Bonchev–Trinajstić information content (AvgIpc) is 2.99. The van der Waals surface area contributed by atoms with Gasteiger partial charge < -0.3 is 10.3 Å². The van der Waals surface area contributed by atoms with Gasteiger partial charge >= 0.3 is 0 Å². The summed E-state index contributed by atoms with van der Waals surface area (Å²) in [4.78, 5) is 4.42. The monoisotopic (exact) mass is 311 g/mol. The molecule has 1 aliphatic rings. The van der Waals surface area contributed by atoms with Crippen molar-refractivity contribution in [2.75, 3.05) is 5.73 Å². The Morgan fingerprint density at radius 2 is 1.90 bits per heavy atom. The zero-order valence-corrected chi connectivity index (χ0v) is 13.1. The summed E-state index contributed by atoms with van der Waals surface area (Å²) in [7, 11) is 0. The average molecular weight is 312 g/mol. The minimum absolute atomic E-state index is 0.355. The molecule has 1 aromatic heterocycles. The fourth-order valence-electron chi connectivity index (χ4n) is 3.39. The lowest BCUT2D eigenvalue weighted by atomic mass is 9.83. The molecule has 2 aromatic rings. The van der Waals surface area contributed by atoms with E-state index in [1.807, 2.05) is 6.07 Å². The number of fused-ring (bicyclic) bond motifs is 1. The van der Waals surface area contributed by atoms with Gasteiger partial charge in [-0.05, 0) is 36.8 Å². The van der Waals surface area contributed by atoms with Crippen LogP contribution < -0.4 is 5.73 Å². The third-order valence-corrected chi connectivity index (χ3v) is 5.45. The molecule has 0 unspecified atom stereocenters. The maximum Gasteiger partial charge on any atom is 0.201 e. The SMILES string of the molecule is CCC1(Cn2c(N)nc3cc(Cl)c(Cl)cc32)CCCC1. The third kappa shape index (κ3) is 2.27. The van der Waals surface area contributed by atoms with E-state index < -0.39 is 0 Å². The van der Waals surface area contributed by atoms with Gasteiger partial charge in [0.1, 0.15) is 0 Å². The van der Waals surface area contributed by atoms with Crippen molar-refractivity contribution in [3.63, 3.8) is 0 Å². The molecule has 0 aliphatic heterocycles. The minimum atomic E-state index is 0.355. The number of imidazole rings is 1. The second-order valence-electron chi connectivity index (χ2n) is 5.87. The molecule has 0 spiro atoms. The van der Waals surface area contributed by atoms with Gasteiger partial charge in [-0.15, -0.1) is 0 Å². The van der Waals surface area contributed by atoms with E-state index in [2.05, 4.69) is 16.5 Å². The normalized spacial score (nSPS) is 17.9. The van der Waals surface area contributed by atoms with Crippen molar-refractivity contribution in [1.82, 2.24) is 9.55 Å². The first-order chi connectivity index (χ1) is 9.54. The van der Waals surface area contributed by atoms with Gasteiger partial charge in [-0.2, -0.15) is 0 Å². The fraction of sp³-hybridized carbons (Fsp3) is 0.533. The number of nitrogen functional groups attached to an aromatic ring is 1. The first kappa shape index (κ1) is 14.0. The topological polar surface area (TPSA) is 43.8 Å². The van der Waals surface area contributed by atoms with Gasteiger partial charge in [0.2, 0.25) is 5.95 Å². The van der Waals surface area contributed by atoms with E-state index in [-0.39, 0.29) is 0 Å². The van der Waals surface area contributed by atoms with E-state index in [9.17, 15) is 0 Å². The molecular formula is C15H19Cl2N3. The van der Waals surface area contributed by atoms with E-state index in [1.165, 1.54) is 32.1 Å². The summed E-state index contributed by atoms with van der Waals surface area (Å²) in [5.74, 6) is 0.554. The standard InChI is InChI=1S/C15H19Cl2N3/c1-2-15(5-3-4-6-15)9-20-13-8-11(17)10(16)7-12(13)19-14(20)18/h7-8H,2-6,9H2,1H3,(H2,18,19). The van der Waals surface area contributed by atoms with Crippen LogP contribution in [-0.2, 0) is 6.54 Å². The van der Waals surface area contributed by atoms with Crippen molar-refractivity contribution in [1.29, 1.82) is 0 Å². The number of nitrogens with zero attached hydrogens (tertiary/aromatic N) is 2. The molecular weight excluding hydrogens is 293 g/mol. The molecule has 1 saturated carbocycles. The van der Waals surface area contributed by atoms with Crippen LogP contribution in [0.5, 0.6) is 0 Å². The van der Waals surface area contributed by atoms with Crippen molar-refractivity contribution in [3.8, 4) is 0 Å². The molecule has 3 rings (SSSR count). The maximum absolute atomic E-state index is 6.14. The molecule has 2 N–H and O–H groups in total. The van der Waals surface area contributed by atoms with Gasteiger partial charge in [0.25, 0.3) is 0 Å². The number of hydrogen-bond acceptors (Lipinski definition) is 2. The van der Waals surface area contributed by atoms with Gasteiger partial charge in [0.05, 0.1) is 21.1 Å². The number of aromatic nitrogens is 2. The van der Waals surface area contributed by atoms with E-state index in [0.29, 0.717) is 21.4 Å². The second-order valence-corrected chi connectivity index (χ2v) is 6.69. The molecule has 1 fully saturated rings. The summed E-state index contributed by atoms with van der Waals surface area (Å²) >= 11 is 12.2. The van der Waals surface area contributed by atoms with Crippen LogP contribution in [0.4, 0.5) is 5.95 Å². The first-order valence-electron chi connectivity index (χ1n) is 7.15. The summed E-state index contributed by atoms with van der Waals surface area (Å²) < 4.78 is 2.10. The van der Waals surface area contributed by atoms with Crippen LogP contribution in [0.1, 0.15) is 39.0 Å². The highest BCUT2D eigenvalue weighted by Gasteiger charge is 2.33. The Morgan fingerprint density at radius 3 is 2.55 bits per heavy atom. The maximum atomic E-state index is 6.14. The van der Waals surface area contributed by atoms with Crippen LogP contribution in [0, 0.1) is 5.41 Å². The lowest BCUT2D eigenvalue weighted by Crippen LogP contribution is -2.23. The van der Waals surface area contributed by atoms with Crippen molar-refractivity contribution < 1.29 is 0 Å². The van der Waals surface area contributed by atoms with Gasteiger partial charge in [0.15, 0.2) is 0 Å². The number of anilines is 1. The van der Waals surface area contributed by atoms with E-state index in [1.54, 1.807) is 6.07 Å². The molecule has 20 heavy (non-hydrogen) atoms. The zero-order chi connectivity index (χ0) is 14.3. The molecule has 3 nitrogen and oxygen atoms in total. The van der Waals surface area contributed by atoms with E-state index in [4.69, 9.17) is 28.9 Å². The number of hydrogen-bond donors (Lipinski definition) is 1. The van der Waals surface area contributed by atoms with Crippen LogP contribution in [-0.4, -0.2) is 9.55 Å². The Labute approximate surface area is 129 Å². The number of nitrogens with two attached hydrogens (primary N) is 1. The van der Waals surface area contributed by atoms with Gasteiger partial charge in [-0.1, -0.05) is 43.0 Å². The molecule has 1 heterocycles. The lowest BCUT2D eigenvalue weighted by Gasteiger charge is -2.28. The Kier molecular flexibility index (Phi) is 3.59. The Bertz CT molecular complexity index is 642. The minimum Gasteiger partial charge on any atom is -0.369 e. The van der Waals surface area contributed by atoms with Crippen LogP contribution in [0.2, 0.25) is 10.0 Å². The van der Waals surface area contributed by atoms with Crippen molar-refractivity contribution in [3.05, 3.63) is 22.2 Å². The molecule has 0 amide bonds. The number of halogens is 2. The molecule has 1 aromatic carbocycles. The molecule has 5 heteroatoms. The molecule has 0 saturated heterocycles. The quantitative estimate of drug-likeness (QED) is 0.876. The Hall–Kier alpha value is -0.930. The summed E-state index contributed by atoms with van der Waals surface area (Å²) in [5, 5.41) is 1.08. The number of rotatable bonds is 3. The molecule has 0 bridgehead atoms. The van der Waals surface area contributed by atoms with Crippen LogP contribution in [0.3, 0.4) is 0 Å².